The zero-order chi connectivity index (χ0) is 13.1. The summed E-state index contributed by atoms with van der Waals surface area (Å²) in [5.41, 5.74) is 7.06. The Morgan fingerprint density at radius 1 is 1.44 bits per heavy atom. The maximum Gasteiger partial charge on any atom is 0.165 e. The van der Waals surface area contributed by atoms with Gasteiger partial charge in [-0.25, -0.2) is 9.37 Å². The van der Waals surface area contributed by atoms with Crippen molar-refractivity contribution < 1.29 is 9.13 Å². The van der Waals surface area contributed by atoms with Crippen molar-refractivity contribution in [2.24, 2.45) is 5.73 Å². The molecule has 0 saturated heterocycles. The minimum absolute atomic E-state index is 0.0472. The number of nitrogens with zero attached hydrogens (tertiary/aromatic N) is 1. The summed E-state index contributed by atoms with van der Waals surface area (Å²) < 4.78 is 19.2. The van der Waals surface area contributed by atoms with E-state index in [1.54, 1.807) is 12.1 Å². The van der Waals surface area contributed by atoms with Gasteiger partial charge in [-0.15, -0.1) is 11.3 Å². The normalized spacial score (nSPS) is 10.9. The van der Waals surface area contributed by atoms with Crippen molar-refractivity contribution in [2.75, 3.05) is 0 Å². The van der Waals surface area contributed by atoms with Crippen LogP contribution in [0.2, 0.25) is 0 Å². The summed E-state index contributed by atoms with van der Waals surface area (Å²) in [5, 5.41) is 2.65. The van der Waals surface area contributed by atoms with Crippen LogP contribution in [0.3, 0.4) is 0 Å². The van der Waals surface area contributed by atoms with Crippen LogP contribution in [0, 0.1) is 5.82 Å². The zero-order valence-corrected chi connectivity index (χ0v) is 11.1. The van der Waals surface area contributed by atoms with Crippen LogP contribution in [-0.2, 0) is 6.54 Å². The number of ether oxygens (including phenoxy) is 1. The topological polar surface area (TPSA) is 48.1 Å². The molecule has 1 heterocycles. The number of nitrogens with two attached hydrogens (primary N) is 1. The standard InChI is InChI=1S/C13H15FN2OS/c1-8(2)17-12-4-3-9(5-11(12)14)13-16-10(6-15)7-18-13/h3-5,7-8H,6,15H2,1-2H3. The lowest BCUT2D eigenvalue weighted by molar-refractivity contribution is 0.231. The van der Waals surface area contributed by atoms with Gasteiger partial charge in [0.1, 0.15) is 5.01 Å². The van der Waals surface area contributed by atoms with E-state index in [9.17, 15) is 4.39 Å². The average Bonchev–Trinajstić information content (AvgIpc) is 2.80. The predicted octanol–water partition coefficient (Wildman–Crippen LogP) is 3.20. The van der Waals surface area contributed by atoms with Crippen molar-refractivity contribution in [1.82, 2.24) is 4.98 Å². The van der Waals surface area contributed by atoms with E-state index in [0.717, 1.165) is 16.3 Å². The fourth-order valence-corrected chi connectivity index (χ4v) is 2.35. The van der Waals surface area contributed by atoms with Gasteiger partial charge in [0, 0.05) is 17.5 Å². The molecule has 0 fully saturated rings. The largest absolute Gasteiger partial charge is 0.488 e. The van der Waals surface area contributed by atoms with Crippen molar-refractivity contribution in [3.63, 3.8) is 0 Å². The van der Waals surface area contributed by atoms with E-state index in [1.807, 2.05) is 19.2 Å². The molecule has 0 radical (unpaired) electrons. The molecule has 0 aliphatic rings. The first-order valence-corrected chi connectivity index (χ1v) is 6.59. The molecule has 2 rings (SSSR count). The maximum absolute atomic E-state index is 13.8. The monoisotopic (exact) mass is 266 g/mol. The van der Waals surface area contributed by atoms with Crippen LogP contribution < -0.4 is 10.5 Å². The third-order valence-corrected chi connectivity index (χ3v) is 3.24. The Kier molecular flexibility index (Phi) is 3.93. The van der Waals surface area contributed by atoms with Crippen molar-refractivity contribution in [3.8, 4) is 16.3 Å². The van der Waals surface area contributed by atoms with Crippen LogP contribution >= 0.6 is 11.3 Å². The molecule has 0 atom stereocenters. The fraction of sp³-hybridized carbons (Fsp3) is 0.308. The zero-order valence-electron chi connectivity index (χ0n) is 10.3. The highest BCUT2D eigenvalue weighted by Gasteiger charge is 2.10. The maximum atomic E-state index is 13.8. The van der Waals surface area contributed by atoms with E-state index >= 15 is 0 Å². The summed E-state index contributed by atoms with van der Waals surface area (Å²) in [4.78, 5) is 4.32. The molecular formula is C13H15FN2OS. The van der Waals surface area contributed by atoms with Gasteiger partial charge in [-0.05, 0) is 32.0 Å². The van der Waals surface area contributed by atoms with Gasteiger partial charge < -0.3 is 10.5 Å². The average molecular weight is 266 g/mol. The predicted molar refractivity (Wildman–Crippen MR) is 71.2 cm³/mol. The minimum Gasteiger partial charge on any atom is -0.488 e. The molecule has 1 aromatic heterocycles. The van der Waals surface area contributed by atoms with Gasteiger partial charge in [-0.2, -0.15) is 0 Å². The molecule has 5 heteroatoms. The van der Waals surface area contributed by atoms with Crippen LogP contribution in [0.5, 0.6) is 5.75 Å². The van der Waals surface area contributed by atoms with Gasteiger partial charge in [0.05, 0.1) is 11.8 Å². The van der Waals surface area contributed by atoms with E-state index in [4.69, 9.17) is 10.5 Å². The molecule has 0 aliphatic heterocycles. The first-order valence-electron chi connectivity index (χ1n) is 5.71. The third kappa shape index (κ3) is 2.86. The number of hydrogen-bond acceptors (Lipinski definition) is 4. The molecule has 0 aliphatic carbocycles. The highest BCUT2D eigenvalue weighted by Crippen LogP contribution is 2.28. The second-order valence-corrected chi connectivity index (χ2v) is 5.02. The highest BCUT2D eigenvalue weighted by atomic mass is 32.1. The lowest BCUT2D eigenvalue weighted by Crippen LogP contribution is -2.06. The first-order chi connectivity index (χ1) is 8.60. The lowest BCUT2D eigenvalue weighted by Gasteiger charge is -2.10. The first kappa shape index (κ1) is 13.0. The molecule has 0 amide bonds. The quantitative estimate of drug-likeness (QED) is 0.924. The van der Waals surface area contributed by atoms with Gasteiger partial charge in [0.15, 0.2) is 11.6 Å². The van der Waals surface area contributed by atoms with Gasteiger partial charge in [0.25, 0.3) is 0 Å². The van der Waals surface area contributed by atoms with Gasteiger partial charge in [0.2, 0.25) is 0 Å². The van der Waals surface area contributed by atoms with Gasteiger partial charge in [-0.1, -0.05) is 0 Å². The Morgan fingerprint density at radius 2 is 2.22 bits per heavy atom. The van der Waals surface area contributed by atoms with Crippen molar-refractivity contribution >= 4 is 11.3 Å². The Balaban J connectivity index is 2.28. The fourth-order valence-electron chi connectivity index (χ4n) is 1.52. The van der Waals surface area contributed by atoms with Crippen LogP contribution in [0.25, 0.3) is 10.6 Å². The molecule has 96 valence electrons. The molecule has 0 spiro atoms. The summed E-state index contributed by atoms with van der Waals surface area (Å²) in [5.74, 6) is -0.102. The number of hydrogen-bond donors (Lipinski definition) is 1. The summed E-state index contributed by atoms with van der Waals surface area (Å²) in [6.45, 7) is 4.12. The molecule has 18 heavy (non-hydrogen) atoms. The number of rotatable bonds is 4. The van der Waals surface area contributed by atoms with E-state index < -0.39 is 0 Å². The Morgan fingerprint density at radius 3 is 2.78 bits per heavy atom. The number of benzene rings is 1. The molecule has 0 unspecified atom stereocenters. The Hall–Kier alpha value is -1.46. The summed E-state index contributed by atoms with van der Waals surface area (Å²) >= 11 is 1.46. The molecule has 0 bridgehead atoms. The van der Waals surface area contributed by atoms with Gasteiger partial charge in [-0.3, -0.25) is 0 Å². The molecule has 2 N–H and O–H groups in total. The third-order valence-electron chi connectivity index (χ3n) is 2.30. The molecular weight excluding hydrogens is 251 g/mol. The molecule has 2 aromatic rings. The molecule has 0 saturated carbocycles. The summed E-state index contributed by atoms with van der Waals surface area (Å²) in [7, 11) is 0. The van der Waals surface area contributed by atoms with Crippen molar-refractivity contribution in [3.05, 3.63) is 35.1 Å². The van der Waals surface area contributed by atoms with E-state index in [0.29, 0.717) is 6.54 Å². The molecule has 1 aromatic carbocycles. The van der Waals surface area contributed by atoms with Crippen molar-refractivity contribution in [1.29, 1.82) is 0 Å². The van der Waals surface area contributed by atoms with E-state index in [-0.39, 0.29) is 17.7 Å². The second kappa shape index (κ2) is 5.46. The van der Waals surface area contributed by atoms with E-state index in [1.165, 1.54) is 17.4 Å². The second-order valence-electron chi connectivity index (χ2n) is 4.16. The number of aromatic nitrogens is 1. The highest BCUT2D eigenvalue weighted by molar-refractivity contribution is 7.13. The van der Waals surface area contributed by atoms with Crippen LogP contribution in [0.4, 0.5) is 4.39 Å². The summed E-state index contributed by atoms with van der Waals surface area (Å²) in [6.07, 6.45) is -0.0472. The molecule has 3 nitrogen and oxygen atoms in total. The smallest absolute Gasteiger partial charge is 0.165 e. The number of halogens is 1. The minimum atomic E-state index is -0.370. The Bertz CT molecular complexity index is 540. The number of thiazole rings is 1. The van der Waals surface area contributed by atoms with Crippen molar-refractivity contribution in [2.45, 2.75) is 26.5 Å². The van der Waals surface area contributed by atoms with E-state index in [2.05, 4.69) is 4.98 Å². The SMILES string of the molecule is CC(C)Oc1ccc(-c2nc(CN)cs2)cc1F. The Labute approximate surface area is 109 Å². The summed E-state index contributed by atoms with van der Waals surface area (Å²) in [6, 6.07) is 4.88. The van der Waals surface area contributed by atoms with Gasteiger partial charge >= 0.3 is 0 Å². The van der Waals surface area contributed by atoms with Crippen LogP contribution in [0.15, 0.2) is 23.6 Å². The lowest BCUT2D eigenvalue weighted by atomic mass is 10.2. The van der Waals surface area contributed by atoms with Crippen LogP contribution in [0.1, 0.15) is 19.5 Å². The van der Waals surface area contributed by atoms with Crippen LogP contribution in [-0.4, -0.2) is 11.1 Å².